The molecule has 16 nitrogen and oxygen atoms in total. The first-order chi connectivity index (χ1) is 39.2. The Morgan fingerprint density at radius 1 is 0.354 bits per heavy atom. The summed E-state index contributed by atoms with van der Waals surface area (Å²) in [5, 5.41) is 21.9. The molecule has 2 N–H and O–H groups in total. The van der Waals surface area contributed by atoms with Crippen molar-refractivity contribution < 1.29 is 76.4 Å². The summed E-state index contributed by atoms with van der Waals surface area (Å²) in [4.78, 5) is 75.3. The van der Waals surface area contributed by atoms with E-state index in [0.29, 0.717) is 93.1 Å². The zero-order valence-corrected chi connectivity index (χ0v) is 53.6. The number of hydrogen-bond donors (Lipinski definition) is 2. The lowest BCUT2D eigenvalue weighted by molar-refractivity contribution is -0.870. The van der Waals surface area contributed by atoms with E-state index >= 15 is 0 Å². The number of nitrogens with zero attached hydrogens (tertiary/aromatic N) is 2. The van der Waals surface area contributed by atoms with Gasteiger partial charge in [0.1, 0.15) is 38.5 Å². The third-order valence-corrected chi connectivity index (χ3v) is 14.3. The Morgan fingerprint density at radius 2 is 0.659 bits per heavy atom. The maximum atomic E-state index is 12.9. The molecule has 0 aromatic rings. The molecule has 0 rings (SSSR count). The van der Waals surface area contributed by atoms with Crippen molar-refractivity contribution in [1.29, 1.82) is 0 Å². The van der Waals surface area contributed by atoms with Gasteiger partial charge in [-0.3, -0.25) is 28.8 Å². The van der Waals surface area contributed by atoms with E-state index in [0.717, 1.165) is 122 Å². The number of unbranched alkanes of at least 4 members (excludes halogenated alkanes) is 20. The van der Waals surface area contributed by atoms with Gasteiger partial charge in [-0.15, -0.1) is 0 Å². The van der Waals surface area contributed by atoms with Crippen LogP contribution in [-0.2, 0) is 57.2 Å². The van der Waals surface area contributed by atoms with Crippen molar-refractivity contribution in [2.75, 3.05) is 68.6 Å². The van der Waals surface area contributed by atoms with Gasteiger partial charge in [0, 0.05) is 44.9 Å². The molecule has 478 valence electrons. The number of aliphatic hydroxyl groups excluding tert-OH is 2. The molecule has 0 heterocycles. The summed E-state index contributed by atoms with van der Waals surface area (Å²) in [5.74, 6) is -2.12. The Bertz CT molecular complexity index is 1580. The molecule has 0 aliphatic rings. The van der Waals surface area contributed by atoms with E-state index in [1.54, 1.807) is 0 Å². The summed E-state index contributed by atoms with van der Waals surface area (Å²) in [6.07, 6.45) is 33.0. The highest BCUT2D eigenvalue weighted by Gasteiger charge is 2.25. The number of carbonyl (C=O) groups excluding carboxylic acids is 6. The van der Waals surface area contributed by atoms with E-state index in [1.807, 2.05) is 54.4 Å². The van der Waals surface area contributed by atoms with E-state index in [-0.39, 0.29) is 62.4 Å². The zero-order chi connectivity index (χ0) is 61.1. The monoisotopic (exact) mass is 1170 g/mol. The average molecular weight is 1170 g/mol. The van der Waals surface area contributed by atoms with Crippen molar-refractivity contribution >= 4 is 35.8 Å². The van der Waals surface area contributed by atoms with Gasteiger partial charge in [-0.05, 0) is 96.3 Å². The number of aliphatic hydroxyl groups is 2. The van der Waals surface area contributed by atoms with Gasteiger partial charge in [-0.25, -0.2) is 0 Å². The molecule has 0 amide bonds. The molecular weight excluding hydrogens is 1040 g/mol. The van der Waals surface area contributed by atoms with Crippen LogP contribution in [0, 0.1) is 0 Å². The Hall–Kier alpha value is -3.86. The fraction of sp³-hybridized carbons (Fsp3) is 0.848. The van der Waals surface area contributed by atoms with Gasteiger partial charge in [0.15, 0.2) is 0 Å². The van der Waals surface area contributed by atoms with Crippen LogP contribution in [0.15, 0.2) is 24.3 Å². The van der Waals surface area contributed by atoms with E-state index < -0.39 is 42.6 Å². The lowest BCUT2D eigenvalue weighted by Crippen LogP contribution is -2.38. The van der Waals surface area contributed by atoms with Crippen LogP contribution in [0.3, 0.4) is 0 Å². The Balaban J connectivity index is 4.68. The van der Waals surface area contributed by atoms with E-state index in [9.17, 15) is 39.0 Å². The number of ether oxygens (including phenoxy) is 6. The van der Waals surface area contributed by atoms with Crippen LogP contribution in [0.2, 0.25) is 0 Å². The van der Waals surface area contributed by atoms with Gasteiger partial charge in [0.25, 0.3) is 0 Å². The van der Waals surface area contributed by atoms with Gasteiger partial charge in [-0.1, -0.05) is 148 Å². The number of likely N-dealkylation sites (N-methyl/N-ethyl adjacent to an activating group) is 2. The zero-order valence-electron chi connectivity index (χ0n) is 53.6. The van der Waals surface area contributed by atoms with Crippen molar-refractivity contribution in [2.45, 2.75) is 295 Å². The molecule has 0 bridgehead atoms. The molecule has 0 spiro atoms. The lowest BCUT2D eigenvalue weighted by atomic mass is 10.0. The van der Waals surface area contributed by atoms with Crippen molar-refractivity contribution in [3.8, 4) is 0 Å². The number of allylic oxidation sites excluding steroid dienone is 2. The Labute approximate surface area is 498 Å². The van der Waals surface area contributed by atoms with E-state index in [2.05, 4.69) is 32.9 Å². The third-order valence-electron chi connectivity index (χ3n) is 14.3. The maximum Gasteiger partial charge on any atom is 0.308 e. The summed E-state index contributed by atoms with van der Waals surface area (Å²) >= 11 is 0. The predicted molar refractivity (Wildman–Crippen MR) is 326 cm³/mol. The predicted octanol–water partition coefficient (Wildman–Crippen LogP) is 13.4. The van der Waals surface area contributed by atoms with E-state index in [1.165, 1.54) is 25.7 Å². The molecule has 0 aliphatic carbocycles. The summed E-state index contributed by atoms with van der Waals surface area (Å²) in [5.41, 5.74) is 0. The topological polar surface area (TPSA) is 198 Å². The van der Waals surface area contributed by atoms with Crippen molar-refractivity contribution in [2.24, 2.45) is 0 Å². The molecule has 0 fully saturated rings. The second kappa shape index (κ2) is 51.6. The Morgan fingerprint density at radius 3 is 1.05 bits per heavy atom. The fourth-order valence-corrected chi connectivity index (χ4v) is 9.03. The number of carbonyl (C=O) groups is 6. The molecular formula is C66H122N2O14+2. The minimum Gasteiger partial charge on any atom is -0.460 e. The number of quaternary nitrogens is 2. The highest BCUT2D eigenvalue weighted by Crippen LogP contribution is 2.20. The minimum atomic E-state index is -0.862. The smallest absolute Gasteiger partial charge is 0.308 e. The van der Waals surface area contributed by atoms with Gasteiger partial charge in [0.2, 0.25) is 6.29 Å². The van der Waals surface area contributed by atoms with Crippen LogP contribution in [0.25, 0.3) is 0 Å². The van der Waals surface area contributed by atoms with Crippen molar-refractivity contribution in [3.63, 3.8) is 0 Å². The normalized spacial score (nSPS) is 13.8. The highest BCUT2D eigenvalue weighted by atomic mass is 16.7. The molecule has 0 radical (unpaired) electrons. The second-order valence-electron chi connectivity index (χ2n) is 24.7. The third kappa shape index (κ3) is 51.8. The quantitative estimate of drug-likeness (QED) is 0.0146. The summed E-state index contributed by atoms with van der Waals surface area (Å²) in [6, 6.07) is 0. The summed E-state index contributed by atoms with van der Waals surface area (Å²) < 4.78 is 34.9. The minimum absolute atomic E-state index is 0.101. The average Bonchev–Trinajstić information content (AvgIpc) is 3.41. The molecule has 16 heteroatoms. The van der Waals surface area contributed by atoms with Crippen LogP contribution < -0.4 is 0 Å². The second-order valence-corrected chi connectivity index (χ2v) is 24.7. The number of esters is 6. The number of hydrogen-bond acceptors (Lipinski definition) is 14. The largest absolute Gasteiger partial charge is 0.460 e. The summed E-state index contributed by atoms with van der Waals surface area (Å²) in [6.45, 7) is 8.51. The molecule has 0 aromatic heterocycles. The molecule has 0 saturated carbocycles. The van der Waals surface area contributed by atoms with Crippen LogP contribution >= 0.6 is 0 Å². The molecule has 4 unspecified atom stereocenters. The fourth-order valence-electron chi connectivity index (χ4n) is 9.03. The Kier molecular flexibility index (Phi) is 49.1. The highest BCUT2D eigenvalue weighted by molar-refractivity contribution is 5.73. The SMILES string of the molecule is CCCCCCCCCC(OC(=O)CCCCCCC/C=C\CC(O)C(CCCCC)OC(=O)CCCC(=O)OCC[N+](C)(C)C)OC(=O)CCCCCCC/C=C\CC(O)C(CCCCC)OC(=O)CCCC(=O)OCC[N+](C)(C)C. The molecule has 0 saturated heterocycles. The maximum absolute atomic E-state index is 12.9. The van der Waals surface area contributed by atoms with Crippen LogP contribution in [0.4, 0.5) is 0 Å². The van der Waals surface area contributed by atoms with Crippen molar-refractivity contribution in [1.82, 2.24) is 0 Å². The lowest BCUT2D eigenvalue weighted by Gasteiger charge is -2.23. The molecule has 0 aromatic carbocycles. The standard InChI is InChI=1S/C66H122N2O14/c1-10-13-16-17-22-31-38-51-66(81-64(75)45-36-29-25-20-18-23-27-34-41-56(69)58(43-32-14-11-2)79-62(73)49-39-47-60(71)77-54-52-67(4,5)6)82-65(76)46-37-30-26-21-19-24-28-35-42-57(70)59(44-33-15-12-3)80-63(74)50-40-48-61(72)78-55-53-68(7,8)9/h27-28,34-35,56-59,66,69-70H,10-26,29-33,36-55H2,1-9H3/q+2/b34-27-,35-28-. The first-order valence-electron chi connectivity index (χ1n) is 32.6. The first-order valence-corrected chi connectivity index (χ1v) is 32.6. The number of rotatable bonds is 56. The molecule has 4 atom stereocenters. The van der Waals surface area contributed by atoms with Crippen LogP contribution in [-0.4, -0.2) is 154 Å². The first kappa shape index (κ1) is 78.1. The molecule has 82 heavy (non-hydrogen) atoms. The van der Waals surface area contributed by atoms with Gasteiger partial charge in [0.05, 0.1) is 54.5 Å². The van der Waals surface area contributed by atoms with Gasteiger partial charge >= 0.3 is 35.8 Å². The van der Waals surface area contributed by atoms with Gasteiger partial charge in [-0.2, -0.15) is 0 Å². The summed E-state index contributed by atoms with van der Waals surface area (Å²) in [7, 11) is 12.2. The van der Waals surface area contributed by atoms with Gasteiger partial charge < -0.3 is 47.6 Å². The van der Waals surface area contributed by atoms with E-state index in [4.69, 9.17) is 28.4 Å². The van der Waals surface area contributed by atoms with Crippen molar-refractivity contribution in [3.05, 3.63) is 24.3 Å². The van der Waals surface area contributed by atoms with Crippen LogP contribution in [0.5, 0.6) is 0 Å². The molecule has 0 aliphatic heterocycles. The van der Waals surface area contributed by atoms with Crippen LogP contribution in [0.1, 0.15) is 265 Å².